The van der Waals surface area contributed by atoms with Gasteiger partial charge in [0.05, 0.1) is 0 Å². The average Bonchev–Trinajstić information content (AvgIpc) is 2.97. The molecule has 0 radical (unpaired) electrons. The van der Waals surface area contributed by atoms with Crippen molar-refractivity contribution in [3.63, 3.8) is 0 Å². The van der Waals surface area contributed by atoms with Crippen molar-refractivity contribution < 1.29 is 0 Å². The molecule has 19 heavy (non-hydrogen) atoms. The first-order chi connectivity index (χ1) is 9.15. The molecule has 0 unspecified atom stereocenters. The molecule has 3 nitrogen and oxygen atoms in total. The lowest BCUT2D eigenvalue weighted by molar-refractivity contribution is 0.966. The van der Waals surface area contributed by atoms with Gasteiger partial charge in [-0.1, -0.05) is 11.3 Å². The molecule has 96 valence electrons. The third-order valence-corrected chi connectivity index (χ3v) is 4.22. The van der Waals surface area contributed by atoms with Crippen LogP contribution in [0.25, 0.3) is 16.3 Å². The van der Waals surface area contributed by atoms with Crippen molar-refractivity contribution in [1.29, 1.82) is 0 Å². The molecule has 0 aliphatic heterocycles. The zero-order valence-corrected chi connectivity index (χ0v) is 12.3. The molecule has 0 aliphatic rings. The van der Waals surface area contributed by atoms with Gasteiger partial charge in [0.2, 0.25) is 0 Å². The van der Waals surface area contributed by atoms with E-state index in [1.807, 2.05) is 0 Å². The Hall–Kier alpha value is -1.72. The highest BCUT2D eigenvalue weighted by molar-refractivity contribution is 7.73. The van der Waals surface area contributed by atoms with Crippen molar-refractivity contribution in [3.8, 4) is 16.3 Å². The quantitative estimate of drug-likeness (QED) is 0.714. The Morgan fingerprint density at radius 1 is 1.05 bits per heavy atom. The monoisotopic (exact) mass is 287 g/mol. The van der Waals surface area contributed by atoms with Crippen LogP contribution < -0.4 is 0 Å². The Bertz CT molecular complexity index is 743. The summed E-state index contributed by atoms with van der Waals surface area (Å²) in [5.74, 6) is 0. The molecule has 0 spiro atoms. The van der Waals surface area contributed by atoms with Gasteiger partial charge in [0.25, 0.3) is 0 Å². The van der Waals surface area contributed by atoms with Crippen molar-refractivity contribution >= 4 is 23.6 Å². The van der Waals surface area contributed by atoms with Gasteiger partial charge >= 0.3 is 0 Å². The zero-order valence-electron chi connectivity index (χ0n) is 10.7. The molecule has 2 heterocycles. The molecule has 0 atom stereocenters. The highest BCUT2D eigenvalue weighted by Gasteiger charge is 2.05. The number of nitrogens with zero attached hydrogens (tertiary/aromatic N) is 2. The predicted octanol–water partition coefficient (Wildman–Crippen LogP) is 4.28. The number of hydrogen-bond acceptors (Lipinski definition) is 3. The Kier molecular flexibility index (Phi) is 3.08. The molecular weight excluding hydrogens is 274 g/mol. The molecule has 0 saturated carbocycles. The van der Waals surface area contributed by atoms with Crippen LogP contribution in [0.1, 0.15) is 11.4 Å². The molecule has 0 aliphatic carbocycles. The fourth-order valence-electron chi connectivity index (χ4n) is 2.18. The van der Waals surface area contributed by atoms with E-state index in [9.17, 15) is 0 Å². The van der Waals surface area contributed by atoms with Gasteiger partial charge in [-0.25, -0.2) is 0 Å². The number of aromatic amines is 1. The SMILES string of the molecule is Cc1ccc(C)n1-c1ccc(-c2n[nH]c(=S)s2)cc1. The summed E-state index contributed by atoms with van der Waals surface area (Å²) in [6.45, 7) is 4.22. The van der Waals surface area contributed by atoms with Crippen LogP contribution in [0, 0.1) is 17.8 Å². The predicted molar refractivity (Wildman–Crippen MR) is 81.5 cm³/mol. The number of rotatable bonds is 2. The normalized spacial score (nSPS) is 10.8. The van der Waals surface area contributed by atoms with Crippen LogP contribution in [0.3, 0.4) is 0 Å². The lowest BCUT2D eigenvalue weighted by atomic mass is 10.2. The third kappa shape index (κ3) is 2.27. The van der Waals surface area contributed by atoms with E-state index < -0.39 is 0 Å². The minimum atomic E-state index is 0.705. The van der Waals surface area contributed by atoms with Crippen LogP contribution in [-0.2, 0) is 0 Å². The molecule has 0 fully saturated rings. The van der Waals surface area contributed by atoms with Crippen LogP contribution in [0.5, 0.6) is 0 Å². The van der Waals surface area contributed by atoms with Gasteiger partial charge in [-0.2, -0.15) is 5.10 Å². The van der Waals surface area contributed by atoms with Crippen LogP contribution in [0.2, 0.25) is 0 Å². The summed E-state index contributed by atoms with van der Waals surface area (Å²) in [4.78, 5) is 0. The minimum Gasteiger partial charge on any atom is -0.319 e. The standard InChI is InChI=1S/C14H13N3S2/c1-9-3-4-10(2)17(9)12-7-5-11(6-8-12)13-15-16-14(18)19-13/h3-8H,1-2H3,(H,16,18). The fraction of sp³-hybridized carbons (Fsp3) is 0.143. The van der Waals surface area contributed by atoms with Gasteiger partial charge in [0.1, 0.15) is 5.01 Å². The second-order valence-corrected chi connectivity index (χ2v) is 6.08. The lowest BCUT2D eigenvalue weighted by Gasteiger charge is -2.09. The highest BCUT2D eigenvalue weighted by atomic mass is 32.1. The number of benzene rings is 1. The molecule has 0 bridgehead atoms. The maximum atomic E-state index is 5.05. The first kappa shape index (κ1) is 12.3. The zero-order chi connectivity index (χ0) is 13.4. The van der Waals surface area contributed by atoms with Gasteiger partial charge < -0.3 is 4.57 Å². The van der Waals surface area contributed by atoms with Gasteiger partial charge in [-0.15, -0.1) is 0 Å². The number of nitrogens with one attached hydrogen (secondary N) is 1. The van der Waals surface area contributed by atoms with E-state index in [1.165, 1.54) is 28.4 Å². The number of aromatic nitrogens is 3. The third-order valence-electron chi connectivity index (χ3n) is 3.08. The molecule has 0 amide bonds. The van der Waals surface area contributed by atoms with E-state index in [1.54, 1.807) is 0 Å². The summed E-state index contributed by atoms with van der Waals surface area (Å²) in [6.07, 6.45) is 0. The molecule has 3 aromatic rings. The lowest BCUT2D eigenvalue weighted by Crippen LogP contribution is -1.98. The highest BCUT2D eigenvalue weighted by Crippen LogP contribution is 2.24. The van der Waals surface area contributed by atoms with E-state index in [0.717, 1.165) is 10.6 Å². The molecular formula is C14H13N3S2. The van der Waals surface area contributed by atoms with E-state index in [2.05, 4.69) is 65.0 Å². The minimum absolute atomic E-state index is 0.705. The molecule has 5 heteroatoms. The van der Waals surface area contributed by atoms with Gasteiger partial charge in [-0.05, 0) is 62.5 Å². The fourth-order valence-corrected chi connectivity index (χ4v) is 3.08. The largest absolute Gasteiger partial charge is 0.319 e. The van der Waals surface area contributed by atoms with E-state index in [-0.39, 0.29) is 0 Å². The van der Waals surface area contributed by atoms with E-state index >= 15 is 0 Å². The van der Waals surface area contributed by atoms with Crippen molar-refractivity contribution in [2.75, 3.05) is 0 Å². The summed E-state index contributed by atoms with van der Waals surface area (Å²) in [6, 6.07) is 12.6. The molecule has 2 aromatic heterocycles. The summed E-state index contributed by atoms with van der Waals surface area (Å²) >= 11 is 6.55. The van der Waals surface area contributed by atoms with Crippen molar-refractivity contribution in [1.82, 2.24) is 14.8 Å². The van der Waals surface area contributed by atoms with Crippen LogP contribution in [-0.4, -0.2) is 14.8 Å². The Morgan fingerprint density at radius 3 is 2.21 bits per heavy atom. The van der Waals surface area contributed by atoms with Gasteiger partial charge in [0.15, 0.2) is 3.95 Å². The summed E-state index contributed by atoms with van der Waals surface area (Å²) in [5, 5.41) is 7.93. The first-order valence-corrected chi connectivity index (χ1v) is 7.19. The molecule has 1 N–H and O–H groups in total. The van der Waals surface area contributed by atoms with Crippen molar-refractivity contribution in [3.05, 3.63) is 51.7 Å². The van der Waals surface area contributed by atoms with Crippen LogP contribution in [0.4, 0.5) is 0 Å². The van der Waals surface area contributed by atoms with Gasteiger partial charge in [0, 0.05) is 22.6 Å². The van der Waals surface area contributed by atoms with Gasteiger partial charge in [-0.3, -0.25) is 5.10 Å². The molecule has 0 saturated heterocycles. The second-order valence-electron chi connectivity index (χ2n) is 4.42. The van der Waals surface area contributed by atoms with Crippen molar-refractivity contribution in [2.45, 2.75) is 13.8 Å². The number of H-pyrrole nitrogens is 1. The summed E-state index contributed by atoms with van der Waals surface area (Å²) < 4.78 is 2.94. The second kappa shape index (κ2) is 4.75. The Morgan fingerprint density at radius 2 is 1.68 bits per heavy atom. The van der Waals surface area contributed by atoms with E-state index in [0.29, 0.717) is 3.95 Å². The maximum Gasteiger partial charge on any atom is 0.176 e. The van der Waals surface area contributed by atoms with Crippen LogP contribution >= 0.6 is 23.6 Å². The Labute approximate surface area is 120 Å². The summed E-state index contributed by atoms with van der Waals surface area (Å²) in [5.41, 5.74) is 4.73. The first-order valence-electron chi connectivity index (χ1n) is 5.96. The number of hydrogen-bond donors (Lipinski definition) is 1. The average molecular weight is 287 g/mol. The smallest absolute Gasteiger partial charge is 0.176 e. The molecule has 1 aromatic carbocycles. The summed E-state index contributed by atoms with van der Waals surface area (Å²) in [7, 11) is 0. The van der Waals surface area contributed by atoms with Crippen molar-refractivity contribution in [2.24, 2.45) is 0 Å². The van der Waals surface area contributed by atoms with Crippen LogP contribution in [0.15, 0.2) is 36.4 Å². The topological polar surface area (TPSA) is 33.6 Å². The molecule has 3 rings (SSSR count). The number of aryl methyl sites for hydroxylation is 2. The van der Waals surface area contributed by atoms with E-state index in [4.69, 9.17) is 12.2 Å². The maximum absolute atomic E-state index is 5.05. The Balaban J connectivity index is 2.02.